The summed E-state index contributed by atoms with van der Waals surface area (Å²) in [4.78, 5) is 0. The van der Waals surface area contributed by atoms with Gasteiger partial charge in [0.15, 0.2) is 0 Å². The van der Waals surface area contributed by atoms with Crippen LogP contribution in [0.5, 0.6) is 0 Å². The molecule has 0 aromatic carbocycles. The third-order valence-electron chi connectivity index (χ3n) is 1.58. The Bertz CT molecular complexity index is 174. The lowest BCUT2D eigenvalue weighted by Gasteiger charge is -2.28. The first kappa shape index (κ1) is 13.6. The molecule has 0 aliphatic rings. The van der Waals surface area contributed by atoms with E-state index in [2.05, 4.69) is 4.74 Å². The van der Waals surface area contributed by atoms with Crippen LogP contribution < -0.4 is 0 Å². The summed E-state index contributed by atoms with van der Waals surface area (Å²) in [5.74, 6) is -9.35. The fourth-order valence-electron chi connectivity index (χ4n) is 0.683. The van der Waals surface area contributed by atoms with Gasteiger partial charge in [-0.1, -0.05) is 0 Å². The SMILES string of the molecule is CCOCC(O)C(F)(F)C(F)(F)CO. The summed E-state index contributed by atoms with van der Waals surface area (Å²) in [6, 6.07) is 0. The van der Waals surface area contributed by atoms with E-state index in [0.717, 1.165) is 0 Å². The van der Waals surface area contributed by atoms with Gasteiger partial charge in [-0.15, -0.1) is 0 Å². The van der Waals surface area contributed by atoms with Crippen molar-refractivity contribution in [3.63, 3.8) is 0 Å². The molecule has 0 fully saturated rings. The average molecular weight is 220 g/mol. The summed E-state index contributed by atoms with van der Waals surface area (Å²) in [7, 11) is 0. The molecule has 0 heterocycles. The van der Waals surface area contributed by atoms with Crippen LogP contribution in [0.4, 0.5) is 17.6 Å². The zero-order chi connectivity index (χ0) is 11.4. The largest absolute Gasteiger partial charge is 0.390 e. The standard InChI is InChI=1S/C7H12F4O3/c1-2-14-3-5(13)7(10,11)6(8,9)4-12/h5,12-13H,2-4H2,1H3. The summed E-state index contributed by atoms with van der Waals surface area (Å²) in [6.45, 7) is -1.44. The first-order chi connectivity index (χ1) is 6.29. The molecule has 2 N–H and O–H groups in total. The molecule has 0 amide bonds. The van der Waals surface area contributed by atoms with Gasteiger partial charge in [0.05, 0.1) is 6.61 Å². The van der Waals surface area contributed by atoms with E-state index in [-0.39, 0.29) is 6.61 Å². The van der Waals surface area contributed by atoms with Crippen LogP contribution in [0.2, 0.25) is 0 Å². The summed E-state index contributed by atoms with van der Waals surface area (Å²) >= 11 is 0. The van der Waals surface area contributed by atoms with E-state index in [9.17, 15) is 17.6 Å². The highest BCUT2D eigenvalue weighted by molar-refractivity contribution is 4.90. The third-order valence-corrected chi connectivity index (χ3v) is 1.58. The predicted octanol–water partition coefficient (Wildman–Crippen LogP) is 0.647. The second kappa shape index (κ2) is 4.90. The van der Waals surface area contributed by atoms with Crippen LogP contribution in [0.3, 0.4) is 0 Å². The first-order valence-corrected chi connectivity index (χ1v) is 3.92. The Morgan fingerprint density at radius 3 is 2.14 bits per heavy atom. The van der Waals surface area contributed by atoms with Crippen molar-refractivity contribution < 1.29 is 32.5 Å². The molecule has 86 valence electrons. The van der Waals surface area contributed by atoms with Crippen molar-refractivity contribution in [1.82, 2.24) is 0 Å². The highest BCUT2D eigenvalue weighted by atomic mass is 19.3. The van der Waals surface area contributed by atoms with E-state index in [4.69, 9.17) is 10.2 Å². The van der Waals surface area contributed by atoms with Crippen LogP contribution in [-0.2, 0) is 4.74 Å². The van der Waals surface area contributed by atoms with Gasteiger partial charge in [-0.2, -0.15) is 17.6 Å². The zero-order valence-corrected chi connectivity index (χ0v) is 7.51. The van der Waals surface area contributed by atoms with Crippen LogP contribution in [0, 0.1) is 0 Å². The number of hydrogen-bond donors (Lipinski definition) is 2. The van der Waals surface area contributed by atoms with E-state index in [1.165, 1.54) is 6.92 Å². The molecular weight excluding hydrogens is 208 g/mol. The molecule has 0 aliphatic heterocycles. The van der Waals surface area contributed by atoms with Gasteiger partial charge in [-0.3, -0.25) is 0 Å². The minimum Gasteiger partial charge on any atom is -0.390 e. The molecule has 0 saturated carbocycles. The van der Waals surface area contributed by atoms with E-state index in [1.807, 2.05) is 0 Å². The van der Waals surface area contributed by atoms with Gasteiger partial charge in [0, 0.05) is 6.61 Å². The summed E-state index contributed by atoms with van der Waals surface area (Å²) in [6.07, 6.45) is -2.63. The minimum absolute atomic E-state index is 0.0256. The predicted molar refractivity (Wildman–Crippen MR) is 39.5 cm³/mol. The molecule has 1 unspecified atom stereocenters. The molecule has 0 rings (SSSR count). The van der Waals surface area contributed by atoms with Crippen LogP contribution in [0.15, 0.2) is 0 Å². The van der Waals surface area contributed by atoms with Crippen molar-refractivity contribution in [2.45, 2.75) is 24.9 Å². The molecule has 0 radical (unpaired) electrons. The molecule has 7 heteroatoms. The van der Waals surface area contributed by atoms with E-state index < -0.39 is 31.2 Å². The number of ether oxygens (including phenoxy) is 1. The molecule has 14 heavy (non-hydrogen) atoms. The van der Waals surface area contributed by atoms with Gasteiger partial charge in [0.2, 0.25) is 0 Å². The monoisotopic (exact) mass is 220 g/mol. The Labute approximate surface area is 78.3 Å². The fraction of sp³-hybridized carbons (Fsp3) is 1.00. The molecule has 1 atom stereocenters. The van der Waals surface area contributed by atoms with Crippen molar-refractivity contribution in [3.8, 4) is 0 Å². The van der Waals surface area contributed by atoms with Gasteiger partial charge in [0.1, 0.15) is 12.7 Å². The van der Waals surface area contributed by atoms with E-state index in [0.29, 0.717) is 0 Å². The lowest BCUT2D eigenvalue weighted by molar-refractivity contribution is -0.271. The molecule has 0 aromatic heterocycles. The molecule has 0 spiro atoms. The number of halogens is 4. The molecule has 0 aliphatic carbocycles. The number of aliphatic hydroxyl groups is 2. The van der Waals surface area contributed by atoms with Crippen molar-refractivity contribution in [3.05, 3.63) is 0 Å². The van der Waals surface area contributed by atoms with Gasteiger partial charge in [0.25, 0.3) is 0 Å². The quantitative estimate of drug-likeness (QED) is 0.646. The number of hydrogen-bond acceptors (Lipinski definition) is 3. The van der Waals surface area contributed by atoms with Crippen molar-refractivity contribution in [1.29, 1.82) is 0 Å². The third kappa shape index (κ3) is 2.79. The lowest BCUT2D eigenvalue weighted by Crippen LogP contribution is -2.53. The smallest absolute Gasteiger partial charge is 0.339 e. The van der Waals surface area contributed by atoms with Crippen LogP contribution in [0.25, 0.3) is 0 Å². The van der Waals surface area contributed by atoms with Gasteiger partial charge >= 0.3 is 11.8 Å². The Balaban J connectivity index is 4.43. The highest BCUT2D eigenvalue weighted by Crippen LogP contribution is 2.36. The van der Waals surface area contributed by atoms with Crippen molar-refractivity contribution in [2.24, 2.45) is 0 Å². The molecule has 0 bridgehead atoms. The van der Waals surface area contributed by atoms with Crippen molar-refractivity contribution in [2.75, 3.05) is 19.8 Å². The number of rotatable bonds is 6. The maximum atomic E-state index is 12.7. The zero-order valence-electron chi connectivity index (χ0n) is 7.51. The van der Waals surface area contributed by atoms with Crippen molar-refractivity contribution >= 4 is 0 Å². The highest BCUT2D eigenvalue weighted by Gasteiger charge is 2.60. The van der Waals surface area contributed by atoms with E-state index >= 15 is 0 Å². The topological polar surface area (TPSA) is 49.7 Å². The number of alkyl halides is 4. The molecule has 3 nitrogen and oxygen atoms in total. The fourth-order valence-corrected chi connectivity index (χ4v) is 0.683. The van der Waals surface area contributed by atoms with Gasteiger partial charge in [-0.05, 0) is 6.92 Å². The van der Waals surface area contributed by atoms with E-state index in [1.54, 1.807) is 0 Å². The lowest BCUT2D eigenvalue weighted by atomic mass is 10.1. The maximum absolute atomic E-state index is 12.7. The molecule has 0 aromatic rings. The minimum atomic E-state index is -4.70. The second-order valence-corrected chi connectivity index (χ2v) is 2.66. The molecular formula is C7H12F4O3. The summed E-state index contributed by atoms with van der Waals surface area (Å²) in [5, 5.41) is 16.7. The first-order valence-electron chi connectivity index (χ1n) is 3.92. The Hall–Kier alpha value is -0.400. The average Bonchev–Trinajstić information content (AvgIpc) is 2.13. The van der Waals surface area contributed by atoms with Crippen LogP contribution >= 0.6 is 0 Å². The van der Waals surface area contributed by atoms with Gasteiger partial charge in [-0.25, -0.2) is 0 Å². The van der Waals surface area contributed by atoms with Crippen LogP contribution in [0.1, 0.15) is 6.92 Å². The summed E-state index contributed by atoms with van der Waals surface area (Å²) in [5.41, 5.74) is 0. The summed E-state index contributed by atoms with van der Waals surface area (Å²) < 4.78 is 54.5. The maximum Gasteiger partial charge on any atom is 0.339 e. The second-order valence-electron chi connectivity index (χ2n) is 2.66. The number of aliphatic hydroxyl groups excluding tert-OH is 2. The molecule has 0 saturated heterocycles. The Morgan fingerprint density at radius 1 is 1.29 bits per heavy atom. The Morgan fingerprint density at radius 2 is 1.79 bits per heavy atom. The van der Waals surface area contributed by atoms with Gasteiger partial charge < -0.3 is 14.9 Å². The normalized spacial score (nSPS) is 15.6. The Kier molecular flexibility index (Phi) is 4.76. The van der Waals surface area contributed by atoms with Crippen LogP contribution in [-0.4, -0.2) is 48.0 Å².